The van der Waals surface area contributed by atoms with E-state index in [1.165, 1.54) is 0 Å². The van der Waals surface area contributed by atoms with Gasteiger partial charge in [-0.3, -0.25) is 19.3 Å². The second-order valence-corrected chi connectivity index (χ2v) is 8.50. The maximum absolute atomic E-state index is 13.0. The summed E-state index contributed by atoms with van der Waals surface area (Å²) >= 11 is 0. The molecule has 4 fully saturated rings. The minimum atomic E-state index is -0.651. The van der Waals surface area contributed by atoms with Crippen molar-refractivity contribution in [2.24, 2.45) is 23.7 Å². The van der Waals surface area contributed by atoms with Crippen LogP contribution in [0.15, 0.2) is 0 Å². The van der Waals surface area contributed by atoms with E-state index >= 15 is 0 Å². The van der Waals surface area contributed by atoms with Crippen LogP contribution in [0.4, 0.5) is 0 Å². The van der Waals surface area contributed by atoms with Crippen LogP contribution < -0.4 is 0 Å². The molecule has 2 saturated heterocycles. The Balaban J connectivity index is 1.41. The molecular weight excluding hydrogens is 394 g/mol. The predicted molar refractivity (Wildman–Crippen MR) is 102 cm³/mol. The van der Waals surface area contributed by atoms with Crippen molar-refractivity contribution in [3.8, 4) is 0 Å². The molecule has 7 unspecified atom stereocenters. The Morgan fingerprint density at radius 1 is 1.20 bits per heavy atom. The van der Waals surface area contributed by atoms with Crippen molar-refractivity contribution in [1.82, 2.24) is 4.90 Å². The van der Waals surface area contributed by atoms with Gasteiger partial charge in [-0.25, -0.2) is 0 Å². The zero-order valence-electron chi connectivity index (χ0n) is 17.6. The van der Waals surface area contributed by atoms with Crippen molar-refractivity contribution in [2.45, 2.75) is 51.6 Å². The van der Waals surface area contributed by atoms with Crippen molar-refractivity contribution in [1.29, 1.82) is 0 Å². The van der Waals surface area contributed by atoms with Gasteiger partial charge in [0.05, 0.1) is 38.2 Å². The molecule has 0 spiro atoms. The number of ether oxygens (including phenoxy) is 5. The molecule has 0 N–H and O–H groups in total. The van der Waals surface area contributed by atoms with Gasteiger partial charge in [0.15, 0.2) is 0 Å². The highest BCUT2D eigenvalue weighted by molar-refractivity contribution is 5.86. The van der Waals surface area contributed by atoms with Gasteiger partial charge in [-0.2, -0.15) is 0 Å². The fraction of sp³-hybridized carbons (Fsp3) is 0.857. The van der Waals surface area contributed by atoms with Gasteiger partial charge in [-0.05, 0) is 12.8 Å². The molecule has 0 aromatic rings. The fourth-order valence-corrected chi connectivity index (χ4v) is 5.29. The van der Waals surface area contributed by atoms with Crippen molar-refractivity contribution in [3.05, 3.63) is 0 Å². The van der Waals surface area contributed by atoms with Crippen LogP contribution >= 0.6 is 0 Å². The van der Waals surface area contributed by atoms with E-state index in [-0.39, 0.29) is 30.3 Å². The second-order valence-electron chi connectivity index (χ2n) is 8.50. The van der Waals surface area contributed by atoms with Gasteiger partial charge in [-0.1, -0.05) is 13.8 Å². The van der Waals surface area contributed by atoms with Crippen molar-refractivity contribution in [2.75, 3.05) is 39.5 Å². The number of morpholine rings is 1. The van der Waals surface area contributed by atoms with Gasteiger partial charge in [0.2, 0.25) is 6.29 Å². The SMILES string of the molecule is CCCOC(CC)OC(=O)C1C2CC3C(OC(=O)C31)C2OC(=O)CN1CCOCC1. The van der Waals surface area contributed by atoms with Crippen LogP contribution in [0.5, 0.6) is 0 Å². The molecule has 0 aromatic carbocycles. The molecule has 2 saturated carbocycles. The van der Waals surface area contributed by atoms with Crippen LogP contribution in [0, 0.1) is 23.7 Å². The zero-order valence-corrected chi connectivity index (χ0v) is 17.6. The molecule has 168 valence electrons. The average Bonchev–Trinajstić information content (AvgIpc) is 3.35. The van der Waals surface area contributed by atoms with Gasteiger partial charge in [0.1, 0.15) is 12.2 Å². The van der Waals surface area contributed by atoms with Gasteiger partial charge in [0, 0.05) is 31.3 Å². The number of esters is 3. The summed E-state index contributed by atoms with van der Waals surface area (Å²) in [5, 5.41) is 0. The predicted octanol–water partition coefficient (Wildman–Crippen LogP) is 0.744. The largest absolute Gasteiger partial charge is 0.458 e. The Labute approximate surface area is 176 Å². The van der Waals surface area contributed by atoms with Crippen LogP contribution in [-0.4, -0.2) is 80.8 Å². The lowest BCUT2D eigenvalue weighted by Crippen LogP contribution is -2.46. The van der Waals surface area contributed by atoms with Crippen LogP contribution in [-0.2, 0) is 38.1 Å². The van der Waals surface area contributed by atoms with E-state index in [0.717, 1.165) is 6.42 Å². The van der Waals surface area contributed by atoms with Gasteiger partial charge < -0.3 is 23.7 Å². The topological polar surface area (TPSA) is 101 Å². The summed E-state index contributed by atoms with van der Waals surface area (Å²) in [7, 11) is 0. The first kappa shape index (κ1) is 21.5. The third kappa shape index (κ3) is 4.07. The lowest BCUT2D eigenvalue weighted by Gasteiger charge is -2.32. The van der Waals surface area contributed by atoms with Crippen LogP contribution in [0.3, 0.4) is 0 Å². The third-order valence-corrected chi connectivity index (χ3v) is 6.63. The maximum Gasteiger partial charge on any atom is 0.320 e. The van der Waals surface area contributed by atoms with Crippen molar-refractivity contribution < 1.29 is 38.1 Å². The maximum atomic E-state index is 13.0. The number of rotatable bonds is 9. The van der Waals surface area contributed by atoms with Crippen LogP contribution in [0.2, 0.25) is 0 Å². The van der Waals surface area contributed by atoms with E-state index in [9.17, 15) is 14.4 Å². The zero-order chi connectivity index (χ0) is 21.3. The molecule has 9 nitrogen and oxygen atoms in total. The molecule has 0 amide bonds. The Bertz CT molecular complexity index is 663. The van der Waals surface area contributed by atoms with E-state index in [4.69, 9.17) is 23.7 Å². The number of carbonyl (C=O) groups excluding carboxylic acids is 3. The molecule has 0 aromatic heterocycles. The number of hydrogen-bond acceptors (Lipinski definition) is 9. The third-order valence-electron chi connectivity index (χ3n) is 6.63. The minimum Gasteiger partial charge on any atom is -0.458 e. The summed E-state index contributed by atoms with van der Waals surface area (Å²) in [6, 6.07) is 0. The normalized spacial score (nSPS) is 35.9. The number of nitrogens with zero attached hydrogens (tertiary/aromatic N) is 1. The molecular formula is C21H31NO8. The van der Waals surface area contributed by atoms with E-state index in [1.54, 1.807) is 0 Å². The quantitative estimate of drug-likeness (QED) is 0.301. The van der Waals surface area contributed by atoms with Crippen LogP contribution in [0.25, 0.3) is 0 Å². The van der Waals surface area contributed by atoms with Gasteiger partial charge in [0.25, 0.3) is 0 Å². The second kappa shape index (κ2) is 9.20. The first-order chi connectivity index (χ1) is 14.5. The summed E-state index contributed by atoms with van der Waals surface area (Å²) < 4.78 is 27.7. The Kier molecular flexibility index (Phi) is 6.60. The molecule has 2 aliphatic carbocycles. The molecule has 30 heavy (non-hydrogen) atoms. The molecule has 9 heteroatoms. The van der Waals surface area contributed by atoms with E-state index in [1.807, 2.05) is 18.7 Å². The summed E-state index contributed by atoms with van der Waals surface area (Å²) in [6.07, 6.45) is 0.293. The molecule has 2 aliphatic heterocycles. The van der Waals surface area contributed by atoms with E-state index < -0.39 is 36.3 Å². The van der Waals surface area contributed by atoms with Gasteiger partial charge >= 0.3 is 17.9 Å². The summed E-state index contributed by atoms with van der Waals surface area (Å²) in [5.74, 6) is -2.73. The number of hydrogen-bond donors (Lipinski definition) is 0. The Morgan fingerprint density at radius 2 is 1.97 bits per heavy atom. The van der Waals surface area contributed by atoms with Gasteiger partial charge in [-0.15, -0.1) is 0 Å². The van der Waals surface area contributed by atoms with E-state index in [2.05, 4.69) is 0 Å². The monoisotopic (exact) mass is 425 g/mol. The Hall–Kier alpha value is -1.71. The smallest absolute Gasteiger partial charge is 0.320 e. The minimum absolute atomic E-state index is 0.0992. The van der Waals surface area contributed by atoms with Crippen molar-refractivity contribution >= 4 is 17.9 Å². The lowest BCUT2D eigenvalue weighted by atomic mass is 9.78. The first-order valence-electron chi connectivity index (χ1n) is 11.1. The summed E-state index contributed by atoms with van der Waals surface area (Å²) in [6.45, 7) is 7.07. The van der Waals surface area contributed by atoms with Crippen LogP contribution in [0.1, 0.15) is 33.1 Å². The highest BCUT2D eigenvalue weighted by atomic mass is 16.7. The highest BCUT2D eigenvalue weighted by Gasteiger charge is 2.70. The number of fused-ring (bicyclic) bond motifs is 1. The molecule has 7 atom stereocenters. The molecule has 4 rings (SSSR count). The highest BCUT2D eigenvalue weighted by Crippen LogP contribution is 2.59. The van der Waals surface area contributed by atoms with E-state index in [0.29, 0.717) is 45.8 Å². The fourth-order valence-electron chi connectivity index (χ4n) is 5.29. The molecule has 2 bridgehead atoms. The van der Waals surface area contributed by atoms with Crippen molar-refractivity contribution in [3.63, 3.8) is 0 Å². The molecule has 2 heterocycles. The Morgan fingerprint density at radius 3 is 2.67 bits per heavy atom. The lowest BCUT2D eigenvalue weighted by molar-refractivity contribution is -0.190. The summed E-state index contributed by atoms with van der Waals surface area (Å²) in [5.41, 5.74) is 0. The first-order valence-corrected chi connectivity index (χ1v) is 11.1. The molecule has 0 radical (unpaired) electrons. The summed E-state index contributed by atoms with van der Waals surface area (Å²) in [4.78, 5) is 40.0. The standard InChI is InChI=1S/C21H31NO8/c1-3-7-27-15(4-2)29-20(24)16-12-10-13-17(16)21(25)30-19(13)18(12)28-14(23)11-22-5-8-26-9-6-22/h12-13,15-19H,3-11H2,1-2H3. The molecule has 4 aliphatic rings. The number of carbonyl (C=O) groups is 3. The average molecular weight is 425 g/mol.